The second-order valence-corrected chi connectivity index (χ2v) is 5.29. The van der Waals surface area contributed by atoms with Crippen molar-refractivity contribution in [3.63, 3.8) is 0 Å². The zero-order valence-electron chi connectivity index (χ0n) is 14.8. The molecular weight excluding hydrogens is 320 g/mol. The number of benzene rings is 2. The van der Waals surface area contributed by atoms with Crippen LogP contribution in [0.5, 0.6) is 17.2 Å². The van der Waals surface area contributed by atoms with E-state index in [1.165, 1.54) is 12.7 Å². The van der Waals surface area contributed by atoms with Gasteiger partial charge < -0.3 is 24.8 Å². The quantitative estimate of drug-likeness (QED) is 0.720. The Morgan fingerprint density at radius 3 is 2.36 bits per heavy atom. The van der Waals surface area contributed by atoms with Gasteiger partial charge in [-0.05, 0) is 36.2 Å². The SMILES string of the molecule is CCc1ccc(OCCNC(=O)Nc2ccc(OC)cc2OC)cc1. The molecule has 6 nitrogen and oxygen atoms in total. The van der Waals surface area contributed by atoms with Crippen LogP contribution in [0.3, 0.4) is 0 Å². The summed E-state index contributed by atoms with van der Waals surface area (Å²) in [6.07, 6.45) is 0.997. The van der Waals surface area contributed by atoms with Gasteiger partial charge in [0.25, 0.3) is 0 Å². The highest BCUT2D eigenvalue weighted by Crippen LogP contribution is 2.28. The smallest absolute Gasteiger partial charge is 0.319 e. The summed E-state index contributed by atoms with van der Waals surface area (Å²) in [7, 11) is 3.11. The fourth-order valence-corrected chi connectivity index (χ4v) is 2.22. The Kier molecular flexibility index (Phi) is 6.95. The Labute approximate surface area is 148 Å². The molecule has 0 aromatic heterocycles. The number of carbonyl (C=O) groups excluding carboxylic acids is 1. The number of carbonyl (C=O) groups is 1. The summed E-state index contributed by atoms with van der Waals surface area (Å²) in [5.41, 5.74) is 1.83. The topological polar surface area (TPSA) is 68.8 Å². The van der Waals surface area contributed by atoms with Crippen molar-refractivity contribution in [1.29, 1.82) is 0 Å². The molecule has 2 aromatic carbocycles. The van der Waals surface area contributed by atoms with Gasteiger partial charge in [0, 0.05) is 6.07 Å². The van der Waals surface area contributed by atoms with E-state index >= 15 is 0 Å². The zero-order chi connectivity index (χ0) is 18.1. The number of nitrogens with one attached hydrogen (secondary N) is 2. The second-order valence-electron chi connectivity index (χ2n) is 5.29. The van der Waals surface area contributed by atoms with E-state index in [4.69, 9.17) is 14.2 Å². The van der Waals surface area contributed by atoms with Gasteiger partial charge in [0.05, 0.1) is 26.5 Å². The molecule has 0 fully saturated rings. The molecule has 0 aliphatic heterocycles. The molecule has 25 heavy (non-hydrogen) atoms. The molecule has 0 aliphatic carbocycles. The molecule has 0 radical (unpaired) electrons. The van der Waals surface area contributed by atoms with Crippen LogP contribution in [0.25, 0.3) is 0 Å². The van der Waals surface area contributed by atoms with Crippen LogP contribution in [-0.2, 0) is 6.42 Å². The van der Waals surface area contributed by atoms with Gasteiger partial charge in [0.1, 0.15) is 23.9 Å². The first-order chi connectivity index (χ1) is 12.2. The van der Waals surface area contributed by atoms with E-state index in [1.807, 2.05) is 24.3 Å². The summed E-state index contributed by atoms with van der Waals surface area (Å²) in [6.45, 7) is 2.88. The third-order valence-corrected chi connectivity index (χ3v) is 3.64. The summed E-state index contributed by atoms with van der Waals surface area (Å²) < 4.78 is 16.0. The molecule has 2 amide bonds. The third kappa shape index (κ3) is 5.60. The fraction of sp³-hybridized carbons (Fsp3) is 0.316. The first-order valence-electron chi connectivity index (χ1n) is 8.15. The lowest BCUT2D eigenvalue weighted by atomic mass is 10.2. The van der Waals surface area contributed by atoms with Gasteiger partial charge in [-0.3, -0.25) is 0 Å². The van der Waals surface area contributed by atoms with Gasteiger partial charge in [0.15, 0.2) is 0 Å². The van der Waals surface area contributed by atoms with Crippen LogP contribution >= 0.6 is 0 Å². The molecule has 0 spiro atoms. The number of anilines is 1. The molecule has 0 heterocycles. The van der Waals surface area contributed by atoms with Crippen molar-refractivity contribution in [2.45, 2.75) is 13.3 Å². The molecule has 0 saturated carbocycles. The Balaban J connectivity index is 1.76. The molecule has 2 rings (SSSR count). The molecule has 6 heteroatoms. The average Bonchev–Trinajstić information content (AvgIpc) is 2.66. The third-order valence-electron chi connectivity index (χ3n) is 3.64. The van der Waals surface area contributed by atoms with Crippen LogP contribution in [-0.4, -0.2) is 33.4 Å². The van der Waals surface area contributed by atoms with Gasteiger partial charge >= 0.3 is 6.03 Å². The number of aryl methyl sites for hydroxylation is 1. The van der Waals surface area contributed by atoms with Crippen molar-refractivity contribution in [3.05, 3.63) is 48.0 Å². The van der Waals surface area contributed by atoms with Crippen molar-refractivity contribution in [3.8, 4) is 17.2 Å². The number of ether oxygens (including phenoxy) is 3. The lowest BCUT2D eigenvalue weighted by Gasteiger charge is -2.12. The minimum absolute atomic E-state index is 0.326. The largest absolute Gasteiger partial charge is 0.497 e. The van der Waals surface area contributed by atoms with Crippen LogP contribution in [0.1, 0.15) is 12.5 Å². The zero-order valence-corrected chi connectivity index (χ0v) is 14.8. The maximum atomic E-state index is 12.0. The van der Waals surface area contributed by atoms with Crippen molar-refractivity contribution < 1.29 is 19.0 Å². The van der Waals surface area contributed by atoms with Gasteiger partial charge in [-0.1, -0.05) is 19.1 Å². The summed E-state index contributed by atoms with van der Waals surface area (Å²) in [5.74, 6) is 1.98. The lowest BCUT2D eigenvalue weighted by Crippen LogP contribution is -2.32. The number of hydrogen-bond acceptors (Lipinski definition) is 4. The molecule has 0 atom stereocenters. The van der Waals surface area contributed by atoms with Gasteiger partial charge in [0.2, 0.25) is 0 Å². The molecule has 2 N–H and O–H groups in total. The summed E-state index contributed by atoms with van der Waals surface area (Å²) in [6, 6.07) is 12.8. The normalized spacial score (nSPS) is 10.0. The van der Waals surface area contributed by atoms with Crippen LogP contribution in [0.15, 0.2) is 42.5 Å². The summed E-state index contributed by atoms with van der Waals surface area (Å²) >= 11 is 0. The highest BCUT2D eigenvalue weighted by Gasteiger charge is 2.08. The van der Waals surface area contributed by atoms with E-state index in [2.05, 4.69) is 17.6 Å². The molecule has 0 aliphatic rings. The predicted molar refractivity (Wildman–Crippen MR) is 97.9 cm³/mol. The maximum Gasteiger partial charge on any atom is 0.319 e. The molecule has 0 bridgehead atoms. The molecule has 0 unspecified atom stereocenters. The number of rotatable bonds is 8. The van der Waals surface area contributed by atoms with Gasteiger partial charge in [-0.15, -0.1) is 0 Å². The summed E-state index contributed by atoms with van der Waals surface area (Å²) in [4.78, 5) is 12.0. The van der Waals surface area contributed by atoms with Gasteiger partial charge in [-0.25, -0.2) is 4.79 Å². The van der Waals surface area contributed by atoms with Crippen LogP contribution in [0.2, 0.25) is 0 Å². The predicted octanol–water partition coefficient (Wildman–Crippen LogP) is 3.47. The molecule has 134 valence electrons. The van der Waals surface area contributed by atoms with Crippen LogP contribution in [0.4, 0.5) is 10.5 Å². The minimum atomic E-state index is -0.326. The van der Waals surface area contributed by atoms with Crippen molar-refractivity contribution in [1.82, 2.24) is 5.32 Å². The first-order valence-corrected chi connectivity index (χ1v) is 8.15. The van der Waals surface area contributed by atoms with E-state index in [0.717, 1.165) is 12.2 Å². The van der Waals surface area contributed by atoms with Crippen molar-refractivity contribution in [2.75, 3.05) is 32.7 Å². The molecule has 0 saturated heterocycles. The molecular formula is C19H24N2O4. The first kappa shape index (κ1) is 18.4. The van der Waals surface area contributed by atoms with E-state index in [0.29, 0.717) is 30.3 Å². The van der Waals surface area contributed by atoms with Gasteiger partial charge in [-0.2, -0.15) is 0 Å². The second kappa shape index (κ2) is 9.42. The standard InChI is InChI=1S/C19H24N2O4/c1-4-14-5-7-15(8-6-14)25-12-11-20-19(22)21-17-10-9-16(23-2)13-18(17)24-3/h5-10,13H,4,11-12H2,1-3H3,(H2,20,21,22). The monoisotopic (exact) mass is 344 g/mol. The Hall–Kier alpha value is -2.89. The van der Waals surface area contributed by atoms with Crippen molar-refractivity contribution >= 4 is 11.7 Å². The number of hydrogen-bond donors (Lipinski definition) is 2. The maximum absolute atomic E-state index is 12.0. The van der Waals surface area contributed by atoms with Crippen LogP contribution in [0, 0.1) is 0 Å². The number of urea groups is 1. The number of amides is 2. The van der Waals surface area contributed by atoms with E-state index < -0.39 is 0 Å². The van der Waals surface area contributed by atoms with E-state index in [9.17, 15) is 4.79 Å². The Morgan fingerprint density at radius 2 is 1.72 bits per heavy atom. The highest BCUT2D eigenvalue weighted by molar-refractivity contribution is 5.91. The van der Waals surface area contributed by atoms with E-state index in [-0.39, 0.29) is 6.03 Å². The molecule has 2 aromatic rings. The minimum Gasteiger partial charge on any atom is -0.497 e. The summed E-state index contributed by atoms with van der Waals surface area (Å²) in [5, 5.41) is 5.48. The number of methoxy groups -OCH3 is 2. The fourth-order valence-electron chi connectivity index (χ4n) is 2.22. The highest BCUT2D eigenvalue weighted by atomic mass is 16.5. The lowest BCUT2D eigenvalue weighted by molar-refractivity contribution is 0.247. The van der Waals surface area contributed by atoms with E-state index in [1.54, 1.807) is 25.3 Å². The Morgan fingerprint density at radius 1 is 1.00 bits per heavy atom. The Bertz CT molecular complexity index is 686. The van der Waals surface area contributed by atoms with Crippen LogP contribution < -0.4 is 24.8 Å². The average molecular weight is 344 g/mol. The van der Waals surface area contributed by atoms with Crippen molar-refractivity contribution in [2.24, 2.45) is 0 Å².